The molecule has 0 aromatic carbocycles. The van der Waals surface area contributed by atoms with Gasteiger partial charge in [-0.3, -0.25) is 0 Å². The molecule has 0 aliphatic rings. The minimum absolute atomic E-state index is 0.551. The van der Waals surface area contributed by atoms with E-state index in [9.17, 15) is 0 Å². The lowest BCUT2D eigenvalue weighted by molar-refractivity contribution is 0.457. The third-order valence-corrected chi connectivity index (χ3v) is 3.32. The topological polar surface area (TPSA) is 102 Å². The van der Waals surface area contributed by atoms with E-state index in [4.69, 9.17) is 9.31 Å². The van der Waals surface area contributed by atoms with Crippen molar-refractivity contribution in [1.29, 1.82) is 0 Å². The van der Waals surface area contributed by atoms with Crippen molar-refractivity contribution in [3.05, 3.63) is 61.4 Å². The van der Waals surface area contributed by atoms with Crippen LogP contribution in [0.5, 0.6) is 11.5 Å². The van der Waals surface area contributed by atoms with Crippen LogP contribution in [0.3, 0.4) is 0 Å². The third kappa shape index (κ3) is 3.50. The van der Waals surface area contributed by atoms with Gasteiger partial charge in [0.05, 0.1) is 12.4 Å². The highest BCUT2D eigenvalue weighted by atomic mass is 16.6. The number of imidazole rings is 2. The second-order valence-corrected chi connectivity index (χ2v) is 4.97. The van der Waals surface area contributed by atoms with E-state index in [0.29, 0.717) is 23.1 Å². The molecule has 0 unspecified atom stereocenters. The summed E-state index contributed by atoms with van der Waals surface area (Å²) < 4.78 is 10.8. The van der Waals surface area contributed by atoms with E-state index in [2.05, 4.69) is 29.9 Å². The van der Waals surface area contributed by atoms with Crippen LogP contribution in [0, 0.1) is 0 Å². The summed E-state index contributed by atoms with van der Waals surface area (Å²) in [5.74, 6) is 2.51. The first kappa shape index (κ1) is 14.9. The van der Waals surface area contributed by atoms with Crippen molar-refractivity contribution in [1.82, 2.24) is 29.9 Å². The number of aromatic nitrogens is 6. The Bertz CT molecular complexity index is 831. The van der Waals surface area contributed by atoms with Crippen LogP contribution in [0.1, 0.15) is 0 Å². The SMILES string of the molecule is [B](Oc1ccc(-c2ncc[nH]2)nc1)Oc1ccc(-c2ncc[nH]2)nc1. The van der Waals surface area contributed by atoms with Gasteiger partial charge >= 0.3 is 7.69 Å². The molecule has 2 N–H and O–H groups in total. The van der Waals surface area contributed by atoms with Crippen LogP contribution in [-0.2, 0) is 0 Å². The maximum absolute atomic E-state index is 5.40. The fraction of sp³-hybridized carbons (Fsp3) is 0. The van der Waals surface area contributed by atoms with Gasteiger partial charge in [0.15, 0.2) is 11.6 Å². The molecule has 25 heavy (non-hydrogen) atoms. The van der Waals surface area contributed by atoms with Crippen LogP contribution in [0.25, 0.3) is 23.0 Å². The van der Waals surface area contributed by atoms with Crippen LogP contribution in [0.4, 0.5) is 0 Å². The highest BCUT2D eigenvalue weighted by Gasteiger charge is 2.06. The van der Waals surface area contributed by atoms with Gasteiger partial charge in [-0.05, 0) is 24.3 Å². The van der Waals surface area contributed by atoms with Gasteiger partial charge in [0.2, 0.25) is 0 Å². The van der Waals surface area contributed by atoms with E-state index >= 15 is 0 Å². The quantitative estimate of drug-likeness (QED) is 0.526. The molecule has 0 amide bonds. The molecule has 0 aliphatic carbocycles. The normalized spacial score (nSPS) is 10.4. The Morgan fingerprint density at radius 3 is 1.56 bits per heavy atom. The fourth-order valence-electron chi connectivity index (χ4n) is 2.13. The first-order valence-electron chi connectivity index (χ1n) is 7.45. The lowest BCUT2D eigenvalue weighted by Gasteiger charge is -2.06. The van der Waals surface area contributed by atoms with E-state index in [1.807, 2.05) is 12.1 Å². The van der Waals surface area contributed by atoms with E-state index in [1.165, 1.54) is 7.69 Å². The smallest absolute Gasteiger partial charge is 0.525 e. The summed E-state index contributed by atoms with van der Waals surface area (Å²) in [4.78, 5) is 22.8. The zero-order valence-electron chi connectivity index (χ0n) is 13.0. The van der Waals surface area contributed by atoms with E-state index in [1.54, 1.807) is 49.3 Å². The number of hydrogen-bond donors (Lipinski definition) is 2. The zero-order valence-corrected chi connectivity index (χ0v) is 13.0. The average Bonchev–Trinajstić information content (AvgIpc) is 3.37. The minimum Gasteiger partial charge on any atom is -0.525 e. The van der Waals surface area contributed by atoms with Gasteiger partial charge in [0.1, 0.15) is 22.9 Å². The average molecular weight is 331 g/mol. The van der Waals surface area contributed by atoms with Crippen molar-refractivity contribution in [3.63, 3.8) is 0 Å². The van der Waals surface area contributed by atoms with Crippen molar-refractivity contribution in [2.24, 2.45) is 0 Å². The van der Waals surface area contributed by atoms with E-state index in [0.717, 1.165) is 11.4 Å². The standard InChI is InChI=1S/C16H12BN6O2/c1-3-13(15-18-5-6-19-15)22-9-11(1)24-17-25-12-2-4-14(23-10-12)16-20-7-8-21-16/h1-10H,(H,18,19)(H,20,21). The van der Waals surface area contributed by atoms with Gasteiger partial charge in [-0.2, -0.15) is 0 Å². The summed E-state index contributed by atoms with van der Waals surface area (Å²) in [6.07, 6.45) is 10.0. The summed E-state index contributed by atoms with van der Waals surface area (Å²) in [5, 5.41) is 0. The molecule has 0 fully saturated rings. The summed E-state index contributed by atoms with van der Waals surface area (Å²) in [7, 11) is 1.23. The molecule has 0 saturated heterocycles. The molecular weight excluding hydrogens is 319 g/mol. The van der Waals surface area contributed by atoms with Crippen LogP contribution in [0.2, 0.25) is 0 Å². The summed E-state index contributed by atoms with van der Waals surface area (Å²) in [6.45, 7) is 0. The van der Waals surface area contributed by atoms with Crippen molar-refractivity contribution in [2.45, 2.75) is 0 Å². The second-order valence-electron chi connectivity index (χ2n) is 4.97. The predicted molar refractivity (Wildman–Crippen MR) is 90.6 cm³/mol. The van der Waals surface area contributed by atoms with Gasteiger partial charge < -0.3 is 19.3 Å². The summed E-state index contributed by atoms with van der Waals surface area (Å²) >= 11 is 0. The molecule has 0 atom stereocenters. The summed E-state index contributed by atoms with van der Waals surface area (Å²) in [5.41, 5.74) is 1.46. The lowest BCUT2D eigenvalue weighted by atomic mass is 10.3. The van der Waals surface area contributed by atoms with Crippen molar-refractivity contribution in [2.75, 3.05) is 0 Å². The lowest BCUT2D eigenvalue weighted by Crippen LogP contribution is -2.11. The molecule has 8 nitrogen and oxygen atoms in total. The Kier molecular flexibility index (Phi) is 4.11. The fourth-order valence-corrected chi connectivity index (χ4v) is 2.13. The predicted octanol–water partition coefficient (Wildman–Crippen LogP) is 2.25. The van der Waals surface area contributed by atoms with Gasteiger partial charge in [0.25, 0.3) is 0 Å². The number of H-pyrrole nitrogens is 2. The molecule has 4 rings (SSSR count). The molecule has 1 radical (unpaired) electrons. The van der Waals surface area contributed by atoms with Gasteiger partial charge in [0, 0.05) is 24.8 Å². The number of hydrogen-bond acceptors (Lipinski definition) is 6. The Balaban J connectivity index is 1.31. The van der Waals surface area contributed by atoms with Crippen LogP contribution in [0.15, 0.2) is 61.4 Å². The highest BCUT2D eigenvalue weighted by molar-refractivity contribution is 6.20. The number of nitrogens with zero attached hydrogens (tertiary/aromatic N) is 4. The van der Waals surface area contributed by atoms with Crippen LogP contribution >= 0.6 is 0 Å². The molecule has 0 aliphatic heterocycles. The largest absolute Gasteiger partial charge is 0.658 e. The Morgan fingerprint density at radius 1 is 0.680 bits per heavy atom. The Hall–Kier alpha value is -3.62. The maximum atomic E-state index is 5.40. The van der Waals surface area contributed by atoms with Crippen LogP contribution in [-0.4, -0.2) is 37.6 Å². The number of pyridine rings is 2. The molecular formula is C16H12BN6O2. The molecule has 0 bridgehead atoms. The van der Waals surface area contributed by atoms with Crippen LogP contribution < -0.4 is 9.31 Å². The maximum Gasteiger partial charge on any atom is 0.658 e. The zero-order chi connectivity index (χ0) is 16.9. The molecule has 0 spiro atoms. The number of aromatic amines is 2. The Labute approximate surface area is 143 Å². The number of nitrogens with one attached hydrogen (secondary N) is 2. The van der Waals surface area contributed by atoms with Crippen molar-refractivity contribution in [3.8, 4) is 34.5 Å². The first-order chi connectivity index (χ1) is 12.4. The van der Waals surface area contributed by atoms with Gasteiger partial charge in [-0.25, -0.2) is 19.9 Å². The molecule has 0 saturated carbocycles. The third-order valence-electron chi connectivity index (χ3n) is 3.32. The van der Waals surface area contributed by atoms with Crippen molar-refractivity contribution >= 4 is 7.69 Å². The van der Waals surface area contributed by atoms with Gasteiger partial charge in [-0.1, -0.05) is 0 Å². The second kappa shape index (κ2) is 6.87. The monoisotopic (exact) mass is 331 g/mol. The number of rotatable bonds is 6. The molecule has 4 aromatic heterocycles. The molecule has 9 heteroatoms. The molecule has 121 valence electrons. The van der Waals surface area contributed by atoms with E-state index in [-0.39, 0.29) is 0 Å². The molecule has 4 heterocycles. The minimum atomic E-state index is 0.551. The first-order valence-corrected chi connectivity index (χ1v) is 7.45. The highest BCUT2D eigenvalue weighted by Crippen LogP contribution is 2.17. The van der Waals surface area contributed by atoms with Gasteiger partial charge in [-0.15, -0.1) is 0 Å². The molecule has 4 aromatic rings. The van der Waals surface area contributed by atoms with Crippen molar-refractivity contribution < 1.29 is 9.31 Å². The summed E-state index contributed by atoms with van der Waals surface area (Å²) in [6, 6.07) is 7.18. The Morgan fingerprint density at radius 2 is 1.20 bits per heavy atom. The van der Waals surface area contributed by atoms with E-state index < -0.39 is 0 Å².